The molecule has 1 aromatic rings. The average Bonchev–Trinajstić information content (AvgIpc) is 2.83. The molecule has 0 spiro atoms. The molecule has 1 N–H and O–H groups in total. The summed E-state index contributed by atoms with van der Waals surface area (Å²) >= 11 is 0. The van der Waals surface area contributed by atoms with E-state index in [2.05, 4.69) is 41.4 Å². The SMILES string of the molecule is CCN1CCCC(NC2CCc3ccccc32)C1. The number of nitrogens with zero attached hydrogens (tertiary/aromatic N) is 1. The minimum Gasteiger partial charge on any atom is -0.306 e. The number of nitrogens with one attached hydrogen (secondary N) is 1. The Hall–Kier alpha value is -0.860. The van der Waals surface area contributed by atoms with Gasteiger partial charge in [-0.15, -0.1) is 0 Å². The van der Waals surface area contributed by atoms with Gasteiger partial charge >= 0.3 is 0 Å². The monoisotopic (exact) mass is 244 g/mol. The molecule has 1 saturated heterocycles. The van der Waals surface area contributed by atoms with E-state index in [1.807, 2.05) is 0 Å². The van der Waals surface area contributed by atoms with Crippen molar-refractivity contribution >= 4 is 0 Å². The Morgan fingerprint density at radius 3 is 3.06 bits per heavy atom. The zero-order valence-electron chi connectivity index (χ0n) is 11.4. The molecule has 98 valence electrons. The molecule has 3 rings (SSSR count). The van der Waals surface area contributed by atoms with Crippen LogP contribution in [0.2, 0.25) is 0 Å². The van der Waals surface area contributed by atoms with Crippen molar-refractivity contribution in [3.05, 3.63) is 35.4 Å². The van der Waals surface area contributed by atoms with E-state index < -0.39 is 0 Å². The van der Waals surface area contributed by atoms with Gasteiger partial charge in [-0.05, 0) is 49.9 Å². The van der Waals surface area contributed by atoms with E-state index in [0.717, 1.165) is 0 Å². The second-order valence-corrected chi connectivity index (χ2v) is 5.69. The lowest BCUT2D eigenvalue weighted by Crippen LogP contribution is -2.46. The van der Waals surface area contributed by atoms with Gasteiger partial charge in [0.15, 0.2) is 0 Å². The van der Waals surface area contributed by atoms with Crippen molar-refractivity contribution in [2.45, 2.75) is 44.7 Å². The van der Waals surface area contributed by atoms with Crippen molar-refractivity contribution in [1.82, 2.24) is 10.2 Å². The molecule has 0 amide bonds. The van der Waals surface area contributed by atoms with E-state index in [4.69, 9.17) is 0 Å². The smallest absolute Gasteiger partial charge is 0.0329 e. The van der Waals surface area contributed by atoms with Gasteiger partial charge in [-0.2, -0.15) is 0 Å². The molecule has 1 heterocycles. The third-order valence-electron chi connectivity index (χ3n) is 4.52. The minimum atomic E-state index is 0.600. The second kappa shape index (κ2) is 5.41. The molecule has 1 aromatic carbocycles. The zero-order valence-corrected chi connectivity index (χ0v) is 11.4. The first-order chi connectivity index (χ1) is 8.86. The molecule has 18 heavy (non-hydrogen) atoms. The van der Waals surface area contributed by atoms with Gasteiger partial charge in [-0.1, -0.05) is 31.2 Å². The number of hydrogen-bond donors (Lipinski definition) is 1. The van der Waals surface area contributed by atoms with E-state index in [9.17, 15) is 0 Å². The second-order valence-electron chi connectivity index (χ2n) is 5.69. The predicted octanol–water partition coefficient (Wildman–Crippen LogP) is 2.75. The maximum atomic E-state index is 3.90. The van der Waals surface area contributed by atoms with E-state index >= 15 is 0 Å². The Bertz CT molecular complexity index is 402. The minimum absolute atomic E-state index is 0.600. The molecule has 1 fully saturated rings. The van der Waals surface area contributed by atoms with Crippen molar-refractivity contribution in [2.24, 2.45) is 0 Å². The van der Waals surface area contributed by atoms with Crippen LogP contribution in [0.25, 0.3) is 0 Å². The molecular formula is C16H24N2. The molecular weight excluding hydrogens is 220 g/mol. The Balaban J connectivity index is 1.64. The van der Waals surface area contributed by atoms with Gasteiger partial charge < -0.3 is 10.2 Å². The fraction of sp³-hybridized carbons (Fsp3) is 0.625. The van der Waals surface area contributed by atoms with Gasteiger partial charge in [0, 0.05) is 18.6 Å². The maximum absolute atomic E-state index is 3.90. The lowest BCUT2D eigenvalue weighted by atomic mass is 10.0. The number of hydrogen-bond acceptors (Lipinski definition) is 2. The third-order valence-corrected chi connectivity index (χ3v) is 4.52. The van der Waals surface area contributed by atoms with Crippen molar-refractivity contribution in [2.75, 3.05) is 19.6 Å². The maximum Gasteiger partial charge on any atom is 0.0329 e. The molecule has 1 aliphatic carbocycles. The van der Waals surface area contributed by atoms with Crippen LogP contribution < -0.4 is 5.32 Å². The number of fused-ring (bicyclic) bond motifs is 1. The first kappa shape index (κ1) is 12.2. The number of benzene rings is 1. The highest BCUT2D eigenvalue weighted by Crippen LogP contribution is 2.31. The fourth-order valence-corrected chi connectivity index (χ4v) is 3.49. The number of piperidine rings is 1. The van der Waals surface area contributed by atoms with Crippen molar-refractivity contribution < 1.29 is 0 Å². The summed E-state index contributed by atoms with van der Waals surface area (Å²) in [6, 6.07) is 10.2. The van der Waals surface area contributed by atoms with Crippen LogP contribution in [0.1, 0.15) is 43.4 Å². The van der Waals surface area contributed by atoms with Gasteiger partial charge in [0.2, 0.25) is 0 Å². The van der Waals surface area contributed by atoms with Crippen LogP contribution in [0.3, 0.4) is 0 Å². The predicted molar refractivity (Wildman–Crippen MR) is 75.8 cm³/mol. The van der Waals surface area contributed by atoms with Crippen LogP contribution in [-0.4, -0.2) is 30.6 Å². The highest BCUT2D eigenvalue weighted by molar-refractivity contribution is 5.34. The normalized spacial score (nSPS) is 28.3. The van der Waals surface area contributed by atoms with Crippen LogP contribution in [0.15, 0.2) is 24.3 Å². The first-order valence-corrected chi connectivity index (χ1v) is 7.43. The molecule has 2 atom stereocenters. The largest absolute Gasteiger partial charge is 0.306 e. The first-order valence-electron chi connectivity index (χ1n) is 7.43. The topological polar surface area (TPSA) is 15.3 Å². The number of rotatable bonds is 3. The standard InChI is InChI=1S/C16H24N2/c1-2-18-11-5-7-14(12-18)17-16-10-9-13-6-3-4-8-15(13)16/h3-4,6,8,14,16-17H,2,5,7,9-12H2,1H3. The van der Waals surface area contributed by atoms with Crippen LogP contribution in [0.5, 0.6) is 0 Å². The summed E-state index contributed by atoms with van der Waals surface area (Å²) < 4.78 is 0. The molecule has 2 unspecified atom stereocenters. The van der Waals surface area contributed by atoms with Gasteiger partial charge in [0.05, 0.1) is 0 Å². The fourth-order valence-electron chi connectivity index (χ4n) is 3.49. The Morgan fingerprint density at radius 2 is 2.17 bits per heavy atom. The summed E-state index contributed by atoms with van der Waals surface area (Å²) in [6.07, 6.45) is 5.22. The van der Waals surface area contributed by atoms with Crippen LogP contribution in [-0.2, 0) is 6.42 Å². The Morgan fingerprint density at radius 1 is 1.28 bits per heavy atom. The zero-order chi connectivity index (χ0) is 12.4. The Kier molecular flexibility index (Phi) is 3.67. The molecule has 2 nitrogen and oxygen atoms in total. The molecule has 2 heteroatoms. The summed E-state index contributed by atoms with van der Waals surface area (Å²) in [6.45, 7) is 5.98. The summed E-state index contributed by atoms with van der Waals surface area (Å²) in [4.78, 5) is 2.57. The number of aryl methyl sites for hydroxylation is 1. The van der Waals surface area contributed by atoms with E-state index in [1.54, 1.807) is 11.1 Å². The van der Waals surface area contributed by atoms with Gasteiger partial charge in [0.1, 0.15) is 0 Å². The van der Waals surface area contributed by atoms with Crippen molar-refractivity contribution in [1.29, 1.82) is 0 Å². The van der Waals surface area contributed by atoms with E-state index in [0.29, 0.717) is 12.1 Å². The Labute approximate surface area is 110 Å². The lowest BCUT2D eigenvalue weighted by molar-refractivity contribution is 0.190. The number of likely N-dealkylation sites (N-methyl/N-ethyl adjacent to an activating group) is 1. The molecule has 0 radical (unpaired) electrons. The quantitative estimate of drug-likeness (QED) is 0.879. The van der Waals surface area contributed by atoms with Crippen molar-refractivity contribution in [3.8, 4) is 0 Å². The molecule has 2 aliphatic rings. The molecule has 1 aliphatic heterocycles. The molecule has 0 saturated carbocycles. The molecule has 0 aromatic heterocycles. The van der Waals surface area contributed by atoms with Crippen LogP contribution >= 0.6 is 0 Å². The molecule has 0 bridgehead atoms. The van der Waals surface area contributed by atoms with Crippen molar-refractivity contribution in [3.63, 3.8) is 0 Å². The summed E-state index contributed by atoms with van der Waals surface area (Å²) in [5.41, 5.74) is 3.10. The van der Waals surface area contributed by atoms with Crippen LogP contribution in [0.4, 0.5) is 0 Å². The average molecular weight is 244 g/mol. The highest BCUT2D eigenvalue weighted by Gasteiger charge is 2.26. The van der Waals surface area contributed by atoms with Gasteiger partial charge in [-0.3, -0.25) is 0 Å². The summed E-state index contributed by atoms with van der Waals surface area (Å²) in [5, 5.41) is 3.90. The highest BCUT2D eigenvalue weighted by atomic mass is 15.2. The summed E-state index contributed by atoms with van der Waals surface area (Å²) in [7, 11) is 0. The van der Waals surface area contributed by atoms with E-state index in [1.165, 1.54) is 45.3 Å². The number of likely N-dealkylation sites (tertiary alicyclic amines) is 1. The van der Waals surface area contributed by atoms with Gasteiger partial charge in [-0.25, -0.2) is 0 Å². The summed E-state index contributed by atoms with van der Waals surface area (Å²) in [5.74, 6) is 0. The van der Waals surface area contributed by atoms with E-state index in [-0.39, 0.29) is 0 Å². The van der Waals surface area contributed by atoms with Crippen LogP contribution in [0, 0.1) is 0 Å². The van der Waals surface area contributed by atoms with Gasteiger partial charge in [0.25, 0.3) is 0 Å². The third kappa shape index (κ3) is 2.45. The lowest BCUT2D eigenvalue weighted by Gasteiger charge is -2.34.